The van der Waals surface area contributed by atoms with Gasteiger partial charge < -0.3 is 15.3 Å². The summed E-state index contributed by atoms with van der Waals surface area (Å²) in [7, 11) is 0. The van der Waals surface area contributed by atoms with Gasteiger partial charge in [-0.25, -0.2) is 4.79 Å². The molecule has 0 atom stereocenters. The van der Waals surface area contributed by atoms with Crippen molar-refractivity contribution in [2.75, 3.05) is 19.6 Å². The van der Waals surface area contributed by atoms with E-state index in [2.05, 4.69) is 19.2 Å². The maximum absolute atomic E-state index is 12.0. The molecule has 0 aromatic heterocycles. The number of amides is 2. The third kappa shape index (κ3) is 3.19. The standard InChI is InChI=1S/C14H24N2O3/c1-10(2)11-3-7-16(8-4-11)13(19)15-9-14(5-6-14)12(17)18/h10-11H,3-9H2,1-2H3,(H,15,19)(H,17,18). The Labute approximate surface area is 114 Å². The van der Waals surface area contributed by atoms with Gasteiger partial charge in [-0.15, -0.1) is 0 Å². The fourth-order valence-electron chi connectivity index (χ4n) is 2.74. The van der Waals surface area contributed by atoms with E-state index in [9.17, 15) is 9.59 Å². The van der Waals surface area contributed by atoms with Crippen molar-refractivity contribution < 1.29 is 14.7 Å². The second-order valence-electron chi connectivity index (χ2n) is 6.31. The average Bonchev–Trinajstić information content (AvgIpc) is 3.17. The molecule has 2 rings (SSSR count). The lowest BCUT2D eigenvalue weighted by atomic mass is 9.87. The number of nitrogens with one attached hydrogen (secondary N) is 1. The summed E-state index contributed by atoms with van der Waals surface area (Å²) in [4.78, 5) is 24.8. The smallest absolute Gasteiger partial charge is 0.317 e. The van der Waals surface area contributed by atoms with Crippen molar-refractivity contribution in [3.8, 4) is 0 Å². The summed E-state index contributed by atoms with van der Waals surface area (Å²) >= 11 is 0. The van der Waals surface area contributed by atoms with Gasteiger partial charge in [-0.05, 0) is 37.5 Å². The molecular weight excluding hydrogens is 244 g/mol. The molecule has 0 aromatic rings. The lowest BCUT2D eigenvalue weighted by Crippen LogP contribution is -2.47. The molecule has 5 heteroatoms. The molecule has 2 aliphatic rings. The molecule has 108 valence electrons. The van der Waals surface area contributed by atoms with Crippen molar-refractivity contribution >= 4 is 12.0 Å². The first-order valence-electron chi connectivity index (χ1n) is 7.21. The molecule has 1 aliphatic heterocycles. The molecule has 1 saturated heterocycles. The molecular formula is C14H24N2O3. The minimum absolute atomic E-state index is 0.102. The number of nitrogens with zero attached hydrogens (tertiary/aromatic N) is 1. The van der Waals surface area contributed by atoms with E-state index in [1.165, 1.54) is 0 Å². The van der Waals surface area contributed by atoms with Gasteiger partial charge in [0.05, 0.1) is 5.41 Å². The van der Waals surface area contributed by atoms with Crippen LogP contribution < -0.4 is 5.32 Å². The monoisotopic (exact) mass is 268 g/mol. The maximum Gasteiger partial charge on any atom is 0.317 e. The van der Waals surface area contributed by atoms with E-state index in [-0.39, 0.29) is 12.6 Å². The molecule has 1 saturated carbocycles. The van der Waals surface area contributed by atoms with E-state index in [4.69, 9.17) is 5.11 Å². The number of hydrogen-bond donors (Lipinski definition) is 2. The van der Waals surface area contributed by atoms with Gasteiger partial charge in [0, 0.05) is 19.6 Å². The number of carboxylic acids is 1. The minimum atomic E-state index is -0.786. The Kier molecular flexibility index (Phi) is 4.02. The molecule has 0 aromatic carbocycles. The second kappa shape index (κ2) is 5.39. The summed E-state index contributed by atoms with van der Waals surface area (Å²) in [5.41, 5.74) is -0.675. The highest BCUT2D eigenvalue weighted by atomic mass is 16.4. The van der Waals surface area contributed by atoms with E-state index in [1.807, 2.05) is 4.90 Å². The number of carbonyl (C=O) groups is 2. The van der Waals surface area contributed by atoms with E-state index >= 15 is 0 Å². The lowest BCUT2D eigenvalue weighted by molar-refractivity contribution is -0.143. The molecule has 0 unspecified atom stereocenters. The zero-order valence-corrected chi connectivity index (χ0v) is 11.8. The molecule has 2 fully saturated rings. The van der Waals surface area contributed by atoms with Crippen LogP contribution >= 0.6 is 0 Å². The summed E-state index contributed by atoms with van der Waals surface area (Å²) in [6.45, 7) is 6.29. The first-order chi connectivity index (χ1) is 8.94. The van der Waals surface area contributed by atoms with Gasteiger partial charge in [0.1, 0.15) is 0 Å². The Hall–Kier alpha value is -1.26. The largest absolute Gasteiger partial charge is 0.481 e. The molecule has 1 heterocycles. The number of likely N-dealkylation sites (tertiary alicyclic amines) is 1. The van der Waals surface area contributed by atoms with Crippen molar-refractivity contribution in [2.24, 2.45) is 17.3 Å². The van der Waals surface area contributed by atoms with Crippen LogP contribution in [0.1, 0.15) is 39.5 Å². The van der Waals surface area contributed by atoms with Crippen molar-refractivity contribution in [1.29, 1.82) is 0 Å². The summed E-state index contributed by atoms with van der Waals surface area (Å²) in [6.07, 6.45) is 3.46. The Morgan fingerprint density at radius 1 is 1.32 bits per heavy atom. The topological polar surface area (TPSA) is 69.6 Å². The minimum Gasteiger partial charge on any atom is -0.481 e. The van der Waals surface area contributed by atoms with Gasteiger partial charge in [0.2, 0.25) is 0 Å². The number of carbonyl (C=O) groups excluding carboxylic acids is 1. The lowest BCUT2D eigenvalue weighted by Gasteiger charge is -2.34. The Morgan fingerprint density at radius 2 is 1.89 bits per heavy atom. The summed E-state index contributed by atoms with van der Waals surface area (Å²) in [5, 5.41) is 11.8. The SMILES string of the molecule is CC(C)C1CCN(C(=O)NCC2(C(=O)O)CC2)CC1. The van der Waals surface area contributed by atoms with Gasteiger partial charge in [0.15, 0.2) is 0 Å². The van der Waals surface area contributed by atoms with Crippen molar-refractivity contribution in [2.45, 2.75) is 39.5 Å². The first kappa shape index (κ1) is 14.2. The molecule has 0 spiro atoms. The highest BCUT2D eigenvalue weighted by Gasteiger charge is 2.50. The Bertz CT molecular complexity index is 356. The van der Waals surface area contributed by atoms with Crippen LogP contribution in [0.5, 0.6) is 0 Å². The van der Waals surface area contributed by atoms with E-state index in [0.717, 1.165) is 25.9 Å². The highest BCUT2D eigenvalue weighted by molar-refractivity contribution is 5.80. The number of piperidine rings is 1. The van der Waals surface area contributed by atoms with Gasteiger partial charge in [0.25, 0.3) is 0 Å². The molecule has 1 aliphatic carbocycles. The normalized spacial score (nSPS) is 22.4. The number of carboxylic acid groups (broad SMARTS) is 1. The van der Waals surface area contributed by atoms with Crippen LogP contribution in [0.25, 0.3) is 0 Å². The van der Waals surface area contributed by atoms with Crippen LogP contribution in [0.15, 0.2) is 0 Å². The second-order valence-corrected chi connectivity index (χ2v) is 6.31. The third-order valence-electron chi connectivity index (χ3n) is 4.65. The van der Waals surface area contributed by atoms with Gasteiger partial charge in [-0.1, -0.05) is 13.8 Å². The van der Waals surface area contributed by atoms with Crippen LogP contribution in [0.3, 0.4) is 0 Å². The zero-order valence-electron chi connectivity index (χ0n) is 11.8. The van der Waals surface area contributed by atoms with Crippen molar-refractivity contribution in [3.05, 3.63) is 0 Å². The van der Waals surface area contributed by atoms with Crippen molar-refractivity contribution in [3.63, 3.8) is 0 Å². The van der Waals surface area contributed by atoms with Gasteiger partial charge in [-0.3, -0.25) is 4.79 Å². The summed E-state index contributed by atoms with van der Waals surface area (Å²) in [5.74, 6) is 0.594. The molecule has 0 radical (unpaired) electrons. The molecule has 2 amide bonds. The van der Waals surface area contributed by atoms with E-state index < -0.39 is 11.4 Å². The molecule has 2 N–H and O–H groups in total. The summed E-state index contributed by atoms with van der Waals surface area (Å²) < 4.78 is 0. The predicted molar refractivity (Wildman–Crippen MR) is 71.8 cm³/mol. The highest BCUT2D eigenvalue weighted by Crippen LogP contribution is 2.45. The van der Waals surface area contributed by atoms with E-state index in [0.29, 0.717) is 24.7 Å². The molecule has 5 nitrogen and oxygen atoms in total. The number of aliphatic carboxylic acids is 1. The quantitative estimate of drug-likeness (QED) is 0.818. The van der Waals surface area contributed by atoms with Crippen LogP contribution in [-0.4, -0.2) is 41.6 Å². The maximum atomic E-state index is 12.0. The number of rotatable bonds is 4. The first-order valence-corrected chi connectivity index (χ1v) is 7.21. The molecule has 19 heavy (non-hydrogen) atoms. The van der Waals surface area contributed by atoms with Gasteiger partial charge in [-0.2, -0.15) is 0 Å². The predicted octanol–water partition coefficient (Wildman–Crippen LogP) is 1.93. The van der Waals surface area contributed by atoms with Crippen LogP contribution in [0.2, 0.25) is 0 Å². The summed E-state index contributed by atoms with van der Waals surface area (Å²) in [6, 6.07) is -0.102. The molecule has 0 bridgehead atoms. The zero-order chi connectivity index (χ0) is 14.0. The number of hydrogen-bond acceptors (Lipinski definition) is 2. The third-order valence-corrected chi connectivity index (χ3v) is 4.65. The fourth-order valence-corrected chi connectivity index (χ4v) is 2.74. The van der Waals surface area contributed by atoms with Crippen LogP contribution in [0.4, 0.5) is 4.79 Å². The van der Waals surface area contributed by atoms with E-state index in [1.54, 1.807) is 0 Å². The fraction of sp³-hybridized carbons (Fsp3) is 0.857. The number of urea groups is 1. The van der Waals surface area contributed by atoms with Crippen LogP contribution in [-0.2, 0) is 4.79 Å². The Balaban J connectivity index is 1.74. The van der Waals surface area contributed by atoms with Gasteiger partial charge >= 0.3 is 12.0 Å². The van der Waals surface area contributed by atoms with Crippen LogP contribution in [0, 0.1) is 17.3 Å². The average molecular weight is 268 g/mol. The van der Waals surface area contributed by atoms with Crippen molar-refractivity contribution in [1.82, 2.24) is 10.2 Å². The Morgan fingerprint density at radius 3 is 2.32 bits per heavy atom.